The molecule has 0 bridgehead atoms. The molecule has 1 saturated carbocycles. The van der Waals surface area contributed by atoms with Crippen molar-refractivity contribution in [2.24, 2.45) is 5.92 Å². The Morgan fingerprint density at radius 3 is 2.70 bits per heavy atom. The molecule has 110 valence electrons. The molecule has 20 heavy (non-hydrogen) atoms. The van der Waals surface area contributed by atoms with Crippen molar-refractivity contribution in [2.75, 3.05) is 12.4 Å². The molecule has 0 heterocycles. The summed E-state index contributed by atoms with van der Waals surface area (Å²) in [6, 6.07) is 8.28. The maximum atomic E-state index is 11.9. The van der Waals surface area contributed by atoms with Gasteiger partial charge in [0.2, 0.25) is 5.91 Å². The van der Waals surface area contributed by atoms with E-state index in [-0.39, 0.29) is 5.91 Å². The number of hydrogen-bond acceptors (Lipinski definition) is 3. The molecule has 2 unspecified atom stereocenters. The number of hydrogen-bond donors (Lipinski definition) is 1. The fourth-order valence-corrected chi connectivity index (χ4v) is 3.26. The van der Waals surface area contributed by atoms with Gasteiger partial charge in [-0.25, -0.2) is 0 Å². The second-order valence-corrected chi connectivity index (χ2v) is 6.42. The van der Waals surface area contributed by atoms with E-state index >= 15 is 0 Å². The number of carbonyl (C=O) groups is 1. The highest BCUT2D eigenvalue weighted by molar-refractivity contribution is 8.00. The van der Waals surface area contributed by atoms with Crippen molar-refractivity contribution in [1.82, 2.24) is 5.32 Å². The predicted octanol–water partition coefficient (Wildman–Crippen LogP) is 3.48. The summed E-state index contributed by atoms with van der Waals surface area (Å²) < 4.78 is 5.40. The zero-order valence-electron chi connectivity index (χ0n) is 12.2. The van der Waals surface area contributed by atoms with Gasteiger partial charge in [0.15, 0.2) is 0 Å². The van der Waals surface area contributed by atoms with Crippen LogP contribution in [0.25, 0.3) is 0 Å². The Bertz CT molecular complexity index is 433. The Balaban J connectivity index is 1.72. The van der Waals surface area contributed by atoms with Crippen molar-refractivity contribution in [1.29, 1.82) is 0 Å². The van der Waals surface area contributed by atoms with Crippen LogP contribution in [0.3, 0.4) is 0 Å². The standard InChI is InChI=1S/C16H23NO2S/c1-3-19-14-6-8-15(9-7-14)20-11-16(18)17-13-5-4-12(2)10-13/h6-9,12-13H,3-5,10-11H2,1-2H3,(H,17,18). The summed E-state index contributed by atoms with van der Waals surface area (Å²) in [6.07, 6.45) is 3.48. The molecule has 1 aromatic rings. The van der Waals surface area contributed by atoms with Gasteiger partial charge in [0.1, 0.15) is 5.75 Å². The van der Waals surface area contributed by atoms with E-state index < -0.39 is 0 Å². The molecule has 4 heteroatoms. The molecule has 1 N–H and O–H groups in total. The second-order valence-electron chi connectivity index (χ2n) is 5.38. The van der Waals surface area contributed by atoms with Gasteiger partial charge in [0.25, 0.3) is 0 Å². The number of nitrogens with one attached hydrogen (secondary N) is 1. The van der Waals surface area contributed by atoms with Crippen molar-refractivity contribution in [3.63, 3.8) is 0 Å². The van der Waals surface area contributed by atoms with Gasteiger partial charge in [-0.05, 0) is 56.4 Å². The Morgan fingerprint density at radius 1 is 1.35 bits per heavy atom. The topological polar surface area (TPSA) is 38.3 Å². The molecule has 1 fully saturated rings. The summed E-state index contributed by atoms with van der Waals surface area (Å²) in [4.78, 5) is 13.0. The van der Waals surface area contributed by atoms with E-state index in [4.69, 9.17) is 4.74 Å². The summed E-state index contributed by atoms with van der Waals surface area (Å²) in [5.74, 6) is 2.25. The molecule has 0 radical (unpaired) electrons. The smallest absolute Gasteiger partial charge is 0.230 e. The van der Waals surface area contributed by atoms with Crippen molar-refractivity contribution in [3.05, 3.63) is 24.3 Å². The SMILES string of the molecule is CCOc1ccc(SCC(=O)NC2CCC(C)C2)cc1. The molecule has 0 aromatic heterocycles. The Hall–Kier alpha value is -1.16. The highest BCUT2D eigenvalue weighted by Gasteiger charge is 2.22. The van der Waals surface area contributed by atoms with Crippen LogP contribution in [0.15, 0.2) is 29.2 Å². The molecule has 1 aliphatic rings. The lowest BCUT2D eigenvalue weighted by molar-refractivity contribution is -0.119. The lowest BCUT2D eigenvalue weighted by atomic mass is 10.1. The minimum Gasteiger partial charge on any atom is -0.494 e. The van der Waals surface area contributed by atoms with E-state index in [2.05, 4.69) is 12.2 Å². The first-order valence-corrected chi connectivity index (χ1v) is 8.31. The molecule has 1 amide bonds. The number of carbonyl (C=O) groups excluding carboxylic acids is 1. The first-order valence-electron chi connectivity index (χ1n) is 7.32. The van der Waals surface area contributed by atoms with Gasteiger partial charge in [-0.2, -0.15) is 0 Å². The van der Waals surface area contributed by atoms with E-state index in [1.165, 1.54) is 6.42 Å². The van der Waals surface area contributed by atoms with Crippen LogP contribution in [-0.2, 0) is 4.79 Å². The summed E-state index contributed by atoms with van der Waals surface area (Å²) in [6.45, 7) is 4.90. The van der Waals surface area contributed by atoms with Gasteiger partial charge in [-0.1, -0.05) is 6.92 Å². The quantitative estimate of drug-likeness (QED) is 0.816. The minimum atomic E-state index is 0.142. The van der Waals surface area contributed by atoms with Gasteiger partial charge in [0, 0.05) is 10.9 Å². The summed E-state index contributed by atoms with van der Waals surface area (Å²) in [5, 5.41) is 3.13. The zero-order chi connectivity index (χ0) is 14.4. The van der Waals surface area contributed by atoms with Crippen molar-refractivity contribution in [3.8, 4) is 5.75 Å². The molecule has 0 spiro atoms. The van der Waals surface area contributed by atoms with Crippen LogP contribution in [-0.4, -0.2) is 24.3 Å². The molecule has 3 nitrogen and oxygen atoms in total. The van der Waals surface area contributed by atoms with Crippen LogP contribution in [0.4, 0.5) is 0 Å². The van der Waals surface area contributed by atoms with E-state index in [0.717, 1.165) is 29.4 Å². The Morgan fingerprint density at radius 2 is 2.10 bits per heavy atom. The average molecular weight is 293 g/mol. The number of ether oxygens (including phenoxy) is 1. The molecule has 0 aliphatic heterocycles. The zero-order valence-corrected chi connectivity index (χ0v) is 13.0. The molecule has 1 aliphatic carbocycles. The van der Waals surface area contributed by atoms with E-state index in [0.29, 0.717) is 18.4 Å². The second kappa shape index (κ2) is 7.58. The molecule has 1 aromatic carbocycles. The van der Waals surface area contributed by atoms with Crippen LogP contribution >= 0.6 is 11.8 Å². The van der Waals surface area contributed by atoms with Crippen molar-refractivity contribution >= 4 is 17.7 Å². The maximum Gasteiger partial charge on any atom is 0.230 e. The monoisotopic (exact) mass is 293 g/mol. The normalized spacial score (nSPS) is 21.7. The number of amides is 1. The highest BCUT2D eigenvalue weighted by atomic mass is 32.2. The minimum absolute atomic E-state index is 0.142. The fraction of sp³-hybridized carbons (Fsp3) is 0.562. The molecule has 0 saturated heterocycles. The number of benzene rings is 1. The average Bonchev–Trinajstić information content (AvgIpc) is 2.84. The van der Waals surface area contributed by atoms with Crippen LogP contribution in [0, 0.1) is 5.92 Å². The Kier molecular flexibility index (Phi) is 5.77. The molecular formula is C16H23NO2S. The number of rotatable bonds is 6. The van der Waals surface area contributed by atoms with Crippen LogP contribution < -0.4 is 10.1 Å². The van der Waals surface area contributed by atoms with Crippen LogP contribution in [0.1, 0.15) is 33.1 Å². The van der Waals surface area contributed by atoms with Gasteiger partial charge in [-0.3, -0.25) is 4.79 Å². The third-order valence-electron chi connectivity index (χ3n) is 3.56. The third kappa shape index (κ3) is 4.75. The van der Waals surface area contributed by atoms with E-state index in [9.17, 15) is 4.79 Å². The first kappa shape index (κ1) is 15.2. The van der Waals surface area contributed by atoms with Gasteiger partial charge < -0.3 is 10.1 Å². The summed E-state index contributed by atoms with van der Waals surface area (Å²) >= 11 is 1.57. The summed E-state index contributed by atoms with van der Waals surface area (Å²) in [5.41, 5.74) is 0. The van der Waals surface area contributed by atoms with Gasteiger partial charge in [0.05, 0.1) is 12.4 Å². The van der Waals surface area contributed by atoms with Gasteiger partial charge in [-0.15, -0.1) is 11.8 Å². The third-order valence-corrected chi connectivity index (χ3v) is 4.58. The van der Waals surface area contributed by atoms with E-state index in [1.807, 2.05) is 31.2 Å². The van der Waals surface area contributed by atoms with Gasteiger partial charge >= 0.3 is 0 Å². The lowest BCUT2D eigenvalue weighted by Crippen LogP contribution is -2.34. The maximum absolute atomic E-state index is 11.9. The fourth-order valence-electron chi connectivity index (χ4n) is 2.56. The number of thioether (sulfide) groups is 1. The van der Waals surface area contributed by atoms with E-state index in [1.54, 1.807) is 11.8 Å². The largest absolute Gasteiger partial charge is 0.494 e. The first-order chi connectivity index (χ1) is 9.67. The Labute approximate surface area is 125 Å². The molecule has 2 atom stereocenters. The lowest BCUT2D eigenvalue weighted by Gasteiger charge is -2.12. The summed E-state index contributed by atoms with van der Waals surface area (Å²) in [7, 11) is 0. The van der Waals surface area contributed by atoms with Crippen molar-refractivity contribution < 1.29 is 9.53 Å². The highest BCUT2D eigenvalue weighted by Crippen LogP contribution is 2.25. The molecule has 2 rings (SSSR count). The van der Waals surface area contributed by atoms with Crippen molar-refractivity contribution in [2.45, 2.75) is 44.0 Å². The predicted molar refractivity (Wildman–Crippen MR) is 83.3 cm³/mol. The van der Waals surface area contributed by atoms with Crippen LogP contribution in [0.2, 0.25) is 0 Å². The molecular weight excluding hydrogens is 270 g/mol. The van der Waals surface area contributed by atoms with Crippen LogP contribution in [0.5, 0.6) is 5.75 Å².